The average molecular weight is 206 g/mol. The van der Waals surface area contributed by atoms with Crippen LogP contribution in [-0.2, 0) is 14.3 Å². The van der Waals surface area contributed by atoms with Crippen LogP contribution >= 0.6 is 0 Å². The van der Waals surface area contributed by atoms with E-state index in [4.69, 9.17) is 9.47 Å². The Morgan fingerprint density at radius 3 is 3.27 bits per heavy atom. The molecule has 0 radical (unpaired) electrons. The Kier molecular flexibility index (Phi) is 1.67. The fourth-order valence-corrected chi connectivity index (χ4v) is 2.56. The summed E-state index contributed by atoms with van der Waals surface area (Å²) in [6.07, 6.45) is 9.70. The summed E-state index contributed by atoms with van der Waals surface area (Å²) < 4.78 is 11.0. The monoisotopic (exact) mass is 206 g/mol. The van der Waals surface area contributed by atoms with Crippen LogP contribution in [0.25, 0.3) is 0 Å². The summed E-state index contributed by atoms with van der Waals surface area (Å²) in [7, 11) is 0. The van der Waals surface area contributed by atoms with Crippen molar-refractivity contribution in [2.45, 2.75) is 43.8 Å². The molecule has 0 aromatic carbocycles. The van der Waals surface area contributed by atoms with Gasteiger partial charge in [-0.15, -0.1) is 0 Å². The van der Waals surface area contributed by atoms with Gasteiger partial charge in [-0.05, 0) is 31.4 Å². The number of carbonyl (C=O) groups is 1. The van der Waals surface area contributed by atoms with Crippen LogP contribution in [0.2, 0.25) is 0 Å². The fraction of sp³-hybridized carbons (Fsp3) is 0.583. The maximum atomic E-state index is 11.7. The SMILES string of the molecule is CCCC=C1OC(=O)C23C=CCCC12O3. The van der Waals surface area contributed by atoms with Gasteiger partial charge < -0.3 is 9.47 Å². The van der Waals surface area contributed by atoms with Gasteiger partial charge in [0.15, 0.2) is 5.60 Å². The number of unbranched alkanes of at least 4 members (excludes halogenated alkanes) is 1. The molecule has 2 aliphatic heterocycles. The number of ether oxygens (including phenoxy) is 2. The number of esters is 1. The van der Waals surface area contributed by atoms with Gasteiger partial charge in [0.05, 0.1) is 0 Å². The molecular formula is C12H14O3. The van der Waals surface area contributed by atoms with Gasteiger partial charge in [-0.2, -0.15) is 0 Å². The van der Waals surface area contributed by atoms with Crippen molar-refractivity contribution in [2.75, 3.05) is 0 Å². The van der Waals surface area contributed by atoms with Crippen LogP contribution in [0.1, 0.15) is 32.6 Å². The fourth-order valence-electron chi connectivity index (χ4n) is 2.56. The summed E-state index contributed by atoms with van der Waals surface area (Å²) in [5.74, 6) is 0.513. The zero-order chi connectivity index (χ0) is 10.5. The summed E-state index contributed by atoms with van der Waals surface area (Å²) in [5.41, 5.74) is -1.17. The Bertz CT molecular complexity index is 382. The predicted octanol–water partition coefficient (Wildman–Crippen LogP) is 2.08. The van der Waals surface area contributed by atoms with Crippen molar-refractivity contribution < 1.29 is 14.3 Å². The molecule has 3 aliphatic rings. The smallest absolute Gasteiger partial charge is 0.351 e. The van der Waals surface area contributed by atoms with Crippen molar-refractivity contribution in [1.29, 1.82) is 0 Å². The standard InChI is InChI=1S/C12H14O3/c1-2-3-6-9-11-7-4-5-8-12(11,15-11)10(13)14-9/h5-6,8H,2-4,7H2,1H3. The number of epoxide rings is 1. The molecule has 0 amide bonds. The van der Waals surface area contributed by atoms with E-state index >= 15 is 0 Å². The Morgan fingerprint density at radius 1 is 1.60 bits per heavy atom. The molecule has 0 bridgehead atoms. The Balaban J connectivity index is 1.98. The van der Waals surface area contributed by atoms with E-state index in [9.17, 15) is 4.79 Å². The summed E-state index contributed by atoms with van der Waals surface area (Å²) >= 11 is 0. The largest absolute Gasteiger partial charge is 0.426 e. The second-order valence-corrected chi connectivity index (χ2v) is 4.35. The van der Waals surface area contributed by atoms with Crippen LogP contribution < -0.4 is 0 Å². The van der Waals surface area contributed by atoms with Crippen LogP contribution in [-0.4, -0.2) is 17.2 Å². The highest BCUT2D eigenvalue weighted by Gasteiger charge is 2.82. The van der Waals surface area contributed by atoms with E-state index < -0.39 is 11.2 Å². The van der Waals surface area contributed by atoms with E-state index in [0.29, 0.717) is 0 Å². The van der Waals surface area contributed by atoms with E-state index in [0.717, 1.165) is 31.4 Å². The zero-order valence-electron chi connectivity index (χ0n) is 8.79. The van der Waals surface area contributed by atoms with E-state index in [1.54, 1.807) is 0 Å². The second-order valence-electron chi connectivity index (χ2n) is 4.35. The topological polar surface area (TPSA) is 38.8 Å². The van der Waals surface area contributed by atoms with Crippen LogP contribution in [0, 0.1) is 0 Å². The molecule has 3 nitrogen and oxygen atoms in total. The molecule has 2 fully saturated rings. The van der Waals surface area contributed by atoms with Crippen molar-refractivity contribution in [2.24, 2.45) is 0 Å². The first kappa shape index (κ1) is 9.16. The molecule has 0 spiro atoms. The number of hydrogen-bond donors (Lipinski definition) is 0. The lowest BCUT2D eigenvalue weighted by Gasteiger charge is -2.10. The molecule has 80 valence electrons. The maximum Gasteiger partial charge on any atom is 0.351 e. The lowest BCUT2D eigenvalue weighted by atomic mass is 9.84. The van der Waals surface area contributed by atoms with Crippen molar-refractivity contribution >= 4 is 5.97 Å². The van der Waals surface area contributed by atoms with Crippen LogP contribution in [0.15, 0.2) is 24.0 Å². The third-order valence-electron chi connectivity index (χ3n) is 3.43. The van der Waals surface area contributed by atoms with E-state index in [1.807, 2.05) is 18.2 Å². The third-order valence-corrected chi connectivity index (χ3v) is 3.43. The van der Waals surface area contributed by atoms with Crippen LogP contribution in [0.5, 0.6) is 0 Å². The van der Waals surface area contributed by atoms with Gasteiger partial charge in [0.25, 0.3) is 0 Å². The summed E-state index contributed by atoms with van der Waals surface area (Å²) in [4.78, 5) is 11.7. The van der Waals surface area contributed by atoms with Gasteiger partial charge in [-0.1, -0.05) is 19.4 Å². The minimum absolute atomic E-state index is 0.235. The van der Waals surface area contributed by atoms with Gasteiger partial charge in [0.2, 0.25) is 5.60 Å². The molecule has 2 atom stereocenters. The highest BCUT2D eigenvalue weighted by atomic mass is 16.7. The minimum atomic E-state index is -0.745. The molecule has 2 heterocycles. The van der Waals surface area contributed by atoms with Crippen molar-refractivity contribution in [3.8, 4) is 0 Å². The molecule has 0 N–H and O–H groups in total. The second kappa shape index (κ2) is 2.73. The molecule has 2 saturated heterocycles. The van der Waals surface area contributed by atoms with E-state index in [1.165, 1.54) is 0 Å². The van der Waals surface area contributed by atoms with E-state index in [2.05, 4.69) is 6.92 Å². The predicted molar refractivity (Wildman–Crippen MR) is 54.0 cm³/mol. The first-order valence-electron chi connectivity index (χ1n) is 5.56. The Morgan fingerprint density at radius 2 is 2.47 bits per heavy atom. The Hall–Kier alpha value is -1.09. The normalized spacial score (nSPS) is 43.8. The molecule has 0 aromatic rings. The van der Waals surface area contributed by atoms with Gasteiger partial charge >= 0.3 is 5.97 Å². The lowest BCUT2D eigenvalue weighted by Crippen LogP contribution is -2.26. The van der Waals surface area contributed by atoms with E-state index in [-0.39, 0.29) is 5.97 Å². The maximum absolute atomic E-state index is 11.7. The number of cyclic esters (lactones) is 1. The van der Waals surface area contributed by atoms with Crippen molar-refractivity contribution in [1.82, 2.24) is 0 Å². The highest BCUT2D eigenvalue weighted by molar-refractivity contribution is 5.94. The third kappa shape index (κ3) is 0.918. The van der Waals surface area contributed by atoms with Gasteiger partial charge in [-0.25, -0.2) is 4.79 Å². The molecule has 3 rings (SSSR count). The average Bonchev–Trinajstić information content (AvgIpc) is 2.89. The number of hydrogen-bond acceptors (Lipinski definition) is 3. The van der Waals surface area contributed by atoms with Gasteiger partial charge in [-0.3, -0.25) is 0 Å². The zero-order valence-corrected chi connectivity index (χ0v) is 8.79. The Labute approximate surface area is 88.7 Å². The lowest BCUT2D eigenvalue weighted by molar-refractivity contribution is -0.143. The van der Waals surface area contributed by atoms with Gasteiger partial charge in [0, 0.05) is 0 Å². The van der Waals surface area contributed by atoms with Crippen LogP contribution in [0.4, 0.5) is 0 Å². The molecule has 15 heavy (non-hydrogen) atoms. The first-order chi connectivity index (χ1) is 7.25. The number of rotatable bonds is 2. The molecule has 0 saturated carbocycles. The highest BCUT2D eigenvalue weighted by Crippen LogP contribution is 2.64. The molecule has 3 heteroatoms. The van der Waals surface area contributed by atoms with Crippen molar-refractivity contribution in [3.05, 3.63) is 24.0 Å². The van der Waals surface area contributed by atoms with Crippen LogP contribution in [0.3, 0.4) is 0 Å². The number of allylic oxidation sites excluding steroid dienone is 2. The molecular weight excluding hydrogens is 192 g/mol. The first-order valence-corrected chi connectivity index (χ1v) is 5.56. The number of carbonyl (C=O) groups excluding carboxylic acids is 1. The summed E-state index contributed by atoms with van der Waals surface area (Å²) in [6, 6.07) is 0. The summed E-state index contributed by atoms with van der Waals surface area (Å²) in [6.45, 7) is 2.10. The molecule has 0 aromatic heterocycles. The van der Waals surface area contributed by atoms with Crippen molar-refractivity contribution in [3.63, 3.8) is 0 Å². The summed E-state index contributed by atoms with van der Waals surface area (Å²) in [5, 5.41) is 0. The van der Waals surface area contributed by atoms with Gasteiger partial charge in [0.1, 0.15) is 5.76 Å². The minimum Gasteiger partial charge on any atom is -0.426 e. The quantitative estimate of drug-likeness (QED) is 0.394. The molecule has 2 unspecified atom stereocenters. The molecule has 1 aliphatic carbocycles.